The molecule has 0 atom stereocenters. The molecule has 2 aromatic heterocycles. The second kappa shape index (κ2) is 6.12. The summed E-state index contributed by atoms with van der Waals surface area (Å²) in [6.07, 6.45) is 1.65. The van der Waals surface area contributed by atoms with Crippen LogP contribution in [0.4, 0.5) is 4.39 Å². The minimum Gasteiger partial charge on any atom is -0.488 e. The molecule has 0 amide bonds. The van der Waals surface area contributed by atoms with Crippen molar-refractivity contribution in [1.29, 1.82) is 0 Å². The normalized spacial score (nSPS) is 10.9. The number of hydrogen-bond donors (Lipinski definition) is 0. The number of rotatable bonds is 4. The van der Waals surface area contributed by atoms with Crippen molar-refractivity contribution in [1.82, 2.24) is 9.97 Å². The summed E-state index contributed by atoms with van der Waals surface area (Å²) in [4.78, 5) is 8.58. The molecule has 0 bridgehead atoms. The van der Waals surface area contributed by atoms with E-state index in [2.05, 4.69) is 9.97 Å². The van der Waals surface area contributed by atoms with Gasteiger partial charge in [-0.1, -0.05) is 30.3 Å². The Bertz CT molecular complexity index is 964. The van der Waals surface area contributed by atoms with Crippen molar-refractivity contribution in [3.05, 3.63) is 78.2 Å². The number of benzene rings is 2. The molecular formula is C19H13FN2O2. The van der Waals surface area contributed by atoms with Crippen LogP contribution in [0.1, 0.15) is 5.56 Å². The van der Waals surface area contributed by atoms with Crippen LogP contribution >= 0.6 is 0 Å². The summed E-state index contributed by atoms with van der Waals surface area (Å²) >= 11 is 0. The van der Waals surface area contributed by atoms with Crippen molar-refractivity contribution < 1.29 is 13.5 Å². The molecule has 0 aliphatic heterocycles. The summed E-state index contributed by atoms with van der Waals surface area (Å²) in [6.45, 7) is 0.127. The second-order valence-corrected chi connectivity index (χ2v) is 5.22. The fourth-order valence-corrected chi connectivity index (χ4v) is 2.43. The van der Waals surface area contributed by atoms with Gasteiger partial charge in [-0.3, -0.25) is 0 Å². The summed E-state index contributed by atoms with van der Waals surface area (Å²) < 4.78 is 25.2. The Kier molecular flexibility index (Phi) is 3.67. The summed E-state index contributed by atoms with van der Waals surface area (Å²) in [5.41, 5.74) is 2.34. The summed E-state index contributed by atoms with van der Waals surface area (Å²) in [5, 5.41) is 0. The average Bonchev–Trinajstić information content (AvgIpc) is 3.05. The molecule has 0 aliphatic carbocycles. The zero-order valence-electron chi connectivity index (χ0n) is 12.6. The third-order valence-electron chi connectivity index (χ3n) is 3.62. The van der Waals surface area contributed by atoms with Crippen LogP contribution in [0, 0.1) is 5.82 Å². The summed E-state index contributed by atoms with van der Waals surface area (Å²) in [6, 6.07) is 17.5. The number of oxazole rings is 1. The lowest BCUT2D eigenvalue weighted by Crippen LogP contribution is -1.99. The Morgan fingerprint density at radius 1 is 0.958 bits per heavy atom. The largest absolute Gasteiger partial charge is 0.488 e. The number of nitrogens with zero attached hydrogens (tertiary/aromatic N) is 2. The predicted molar refractivity (Wildman–Crippen MR) is 88.0 cm³/mol. The van der Waals surface area contributed by atoms with Crippen LogP contribution in [-0.4, -0.2) is 9.97 Å². The van der Waals surface area contributed by atoms with Crippen LogP contribution in [0.3, 0.4) is 0 Å². The summed E-state index contributed by atoms with van der Waals surface area (Å²) in [7, 11) is 0. The van der Waals surface area contributed by atoms with Crippen molar-refractivity contribution in [2.45, 2.75) is 6.61 Å². The molecule has 118 valence electrons. The average molecular weight is 320 g/mol. The van der Waals surface area contributed by atoms with E-state index in [1.807, 2.05) is 24.3 Å². The molecular weight excluding hydrogens is 307 g/mol. The topological polar surface area (TPSA) is 48.2 Å². The first kappa shape index (κ1) is 14.4. The highest BCUT2D eigenvalue weighted by molar-refractivity contribution is 5.74. The van der Waals surface area contributed by atoms with Gasteiger partial charge < -0.3 is 9.15 Å². The van der Waals surface area contributed by atoms with E-state index in [4.69, 9.17) is 9.15 Å². The third kappa shape index (κ3) is 2.72. The van der Waals surface area contributed by atoms with E-state index >= 15 is 0 Å². The Hall–Kier alpha value is -3.21. The molecule has 2 heterocycles. The van der Waals surface area contributed by atoms with Crippen LogP contribution < -0.4 is 4.74 Å². The molecule has 4 rings (SSSR count). The van der Waals surface area contributed by atoms with Crippen LogP contribution in [0.5, 0.6) is 5.75 Å². The molecule has 0 N–H and O–H groups in total. The lowest BCUT2D eigenvalue weighted by molar-refractivity contribution is 0.300. The maximum absolute atomic E-state index is 13.7. The van der Waals surface area contributed by atoms with Gasteiger partial charge in [0.2, 0.25) is 11.6 Å². The lowest BCUT2D eigenvalue weighted by atomic mass is 10.2. The van der Waals surface area contributed by atoms with Gasteiger partial charge >= 0.3 is 0 Å². The Balaban J connectivity index is 1.66. The van der Waals surface area contributed by atoms with Crippen molar-refractivity contribution in [2.75, 3.05) is 0 Å². The molecule has 4 nitrogen and oxygen atoms in total. The smallest absolute Gasteiger partial charge is 0.247 e. The molecule has 0 spiro atoms. The van der Waals surface area contributed by atoms with Gasteiger partial charge in [0.25, 0.3) is 0 Å². The van der Waals surface area contributed by atoms with E-state index in [1.54, 1.807) is 36.5 Å². The van der Waals surface area contributed by atoms with Gasteiger partial charge in [0.05, 0.1) is 5.56 Å². The van der Waals surface area contributed by atoms with E-state index in [0.717, 1.165) is 0 Å². The lowest BCUT2D eigenvalue weighted by Gasteiger charge is -2.10. The maximum Gasteiger partial charge on any atom is 0.247 e. The number of ether oxygens (including phenoxy) is 1. The van der Waals surface area contributed by atoms with E-state index in [0.29, 0.717) is 34.0 Å². The van der Waals surface area contributed by atoms with Gasteiger partial charge in [0, 0.05) is 11.8 Å². The molecule has 0 aliphatic rings. The number of aromatic nitrogens is 2. The quantitative estimate of drug-likeness (QED) is 0.551. The van der Waals surface area contributed by atoms with Crippen molar-refractivity contribution in [3.8, 4) is 17.2 Å². The van der Waals surface area contributed by atoms with Gasteiger partial charge in [-0.05, 0) is 30.3 Å². The first-order valence-electron chi connectivity index (χ1n) is 7.48. The van der Waals surface area contributed by atoms with Gasteiger partial charge in [0.15, 0.2) is 0 Å². The molecule has 0 saturated carbocycles. The summed E-state index contributed by atoms with van der Waals surface area (Å²) in [5.74, 6) is 0.709. The number of hydrogen-bond acceptors (Lipinski definition) is 4. The van der Waals surface area contributed by atoms with Crippen LogP contribution in [0.15, 0.2) is 71.3 Å². The van der Waals surface area contributed by atoms with Crippen LogP contribution in [0.2, 0.25) is 0 Å². The van der Waals surface area contributed by atoms with E-state index in [-0.39, 0.29) is 12.4 Å². The Morgan fingerprint density at radius 2 is 1.79 bits per heavy atom. The van der Waals surface area contributed by atoms with Gasteiger partial charge in [-0.15, -0.1) is 0 Å². The number of para-hydroxylation sites is 1. The monoisotopic (exact) mass is 320 g/mol. The zero-order chi connectivity index (χ0) is 16.4. The first-order chi connectivity index (χ1) is 11.8. The number of fused-ring (bicyclic) bond motifs is 1. The second-order valence-electron chi connectivity index (χ2n) is 5.22. The minimum absolute atomic E-state index is 0.127. The third-order valence-corrected chi connectivity index (χ3v) is 3.62. The molecule has 0 radical (unpaired) electrons. The Morgan fingerprint density at radius 3 is 2.67 bits per heavy atom. The highest BCUT2D eigenvalue weighted by Gasteiger charge is 2.14. The first-order valence-corrected chi connectivity index (χ1v) is 7.48. The van der Waals surface area contributed by atoms with Gasteiger partial charge in [-0.25, -0.2) is 14.4 Å². The zero-order valence-corrected chi connectivity index (χ0v) is 12.6. The van der Waals surface area contributed by atoms with Crippen molar-refractivity contribution >= 4 is 11.2 Å². The fraction of sp³-hybridized carbons (Fsp3) is 0.0526. The number of pyridine rings is 1. The van der Waals surface area contributed by atoms with Crippen LogP contribution in [-0.2, 0) is 6.61 Å². The van der Waals surface area contributed by atoms with E-state index in [1.165, 1.54) is 6.07 Å². The maximum atomic E-state index is 13.7. The van der Waals surface area contributed by atoms with E-state index < -0.39 is 0 Å². The molecule has 0 saturated heterocycles. The highest BCUT2D eigenvalue weighted by Crippen LogP contribution is 2.31. The molecule has 5 heteroatoms. The van der Waals surface area contributed by atoms with Crippen molar-refractivity contribution in [3.63, 3.8) is 0 Å². The fourth-order valence-electron chi connectivity index (χ4n) is 2.43. The Labute approximate surface area is 137 Å². The van der Waals surface area contributed by atoms with E-state index in [9.17, 15) is 4.39 Å². The minimum atomic E-state index is -0.291. The highest BCUT2D eigenvalue weighted by atomic mass is 19.1. The SMILES string of the molecule is Fc1ccccc1COc1ccccc1-c1nc2cccnc2o1. The predicted octanol–water partition coefficient (Wildman–Crippen LogP) is 4.61. The van der Waals surface area contributed by atoms with Crippen LogP contribution in [0.25, 0.3) is 22.7 Å². The standard InChI is InChI=1S/C19H13FN2O2/c20-15-8-3-1-6-13(15)12-23-17-10-4-2-7-14(17)18-22-16-9-5-11-21-19(16)24-18/h1-11H,12H2. The number of halogens is 1. The molecule has 0 fully saturated rings. The molecule has 24 heavy (non-hydrogen) atoms. The molecule has 0 unspecified atom stereocenters. The van der Waals surface area contributed by atoms with Gasteiger partial charge in [-0.2, -0.15) is 0 Å². The molecule has 2 aromatic carbocycles. The van der Waals surface area contributed by atoms with Gasteiger partial charge in [0.1, 0.15) is 23.7 Å². The van der Waals surface area contributed by atoms with Crippen molar-refractivity contribution in [2.24, 2.45) is 0 Å². The molecule has 4 aromatic rings.